The predicted octanol–water partition coefficient (Wildman–Crippen LogP) is 1.50. The van der Waals surface area contributed by atoms with Crippen molar-refractivity contribution in [3.8, 4) is 0 Å². The normalized spacial score (nSPS) is 9.64. The Labute approximate surface area is 69.8 Å². The van der Waals surface area contributed by atoms with Crippen LogP contribution in [0, 0.1) is 0 Å². The van der Waals surface area contributed by atoms with E-state index >= 15 is 0 Å². The first kappa shape index (κ1) is 8.20. The molecule has 1 heterocycles. The van der Waals surface area contributed by atoms with Gasteiger partial charge in [-0.1, -0.05) is 0 Å². The number of carbonyl (C=O) groups excluding carboxylic acids is 1. The first-order valence-corrected chi connectivity index (χ1v) is 3.68. The van der Waals surface area contributed by atoms with Gasteiger partial charge in [-0.05, 0) is 6.07 Å². The molecule has 0 unspecified atom stereocenters. The van der Waals surface area contributed by atoms with Gasteiger partial charge in [0.25, 0.3) is 0 Å². The fourth-order valence-corrected chi connectivity index (χ4v) is 1.000. The van der Waals surface area contributed by atoms with Gasteiger partial charge in [0.2, 0.25) is 0 Å². The van der Waals surface area contributed by atoms with Crippen LogP contribution in [0.5, 0.6) is 0 Å². The number of thiol groups is 1. The molecule has 60 valence electrons. The van der Waals surface area contributed by atoms with Gasteiger partial charge in [-0.2, -0.15) is 12.6 Å². The molecule has 1 rings (SSSR count). The molecule has 0 fully saturated rings. The maximum atomic E-state index is 10.9. The monoisotopic (exact) mass is 172 g/mol. The minimum Gasteiger partial charge on any atom is -0.468 e. The second-order valence-corrected chi connectivity index (χ2v) is 2.22. The topological polar surface area (TPSA) is 39.4 Å². The van der Waals surface area contributed by atoms with E-state index in [1.54, 1.807) is 6.07 Å². The first-order chi connectivity index (χ1) is 5.29. The molecule has 0 aliphatic heterocycles. The molecule has 0 bridgehead atoms. The molecule has 0 saturated carbocycles. The predicted molar refractivity (Wildman–Crippen MR) is 42.7 cm³/mol. The van der Waals surface area contributed by atoms with Crippen molar-refractivity contribution in [1.82, 2.24) is 0 Å². The highest BCUT2D eigenvalue weighted by Gasteiger charge is 2.12. The van der Waals surface area contributed by atoms with Gasteiger partial charge in [0.05, 0.1) is 13.4 Å². The molecular formula is C7H8O3S. The summed E-state index contributed by atoms with van der Waals surface area (Å²) in [6.45, 7) is 0. The van der Waals surface area contributed by atoms with E-state index in [0.29, 0.717) is 17.1 Å². The Kier molecular flexibility index (Phi) is 2.59. The second-order valence-electron chi connectivity index (χ2n) is 1.91. The van der Waals surface area contributed by atoms with Crippen LogP contribution < -0.4 is 0 Å². The van der Waals surface area contributed by atoms with Gasteiger partial charge in [-0.25, -0.2) is 4.79 Å². The molecule has 3 nitrogen and oxygen atoms in total. The van der Waals surface area contributed by atoms with E-state index in [0.717, 1.165) is 0 Å². The van der Waals surface area contributed by atoms with E-state index in [2.05, 4.69) is 17.4 Å². The number of carbonyl (C=O) groups is 1. The van der Waals surface area contributed by atoms with Crippen LogP contribution in [0.1, 0.15) is 16.1 Å². The minimum absolute atomic E-state index is 0.386. The van der Waals surface area contributed by atoms with Crippen LogP contribution in [-0.4, -0.2) is 13.1 Å². The molecule has 4 heteroatoms. The third-order valence-corrected chi connectivity index (χ3v) is 1.58. The highest BCUT2D eigenvalue weighted by Crippen LogP contribution is 2.13. The second kappa shape index (κ2) is 3.48. The van der Waals surface area contributed by atoms with Crippen LogP contribution in [0.2, 0.25) is 0 Å². The maximum absolute atomic E-state index is 10.9. The van der Waals surface area contributed by atoms with Crippen LogP contribution in [0.4, 0.5) is 0 Å². The molecule has 11 heavy (non-hydrogen) atoms. The summed E-state index contributed by atoms with van der Waals surface area (Å²) in [5.41, 5.74) is 0.447. The highest BCUT2D eigenvalue weighted by atomic mass is 32.1. The summed E-state index contributed by atoms with van der Waals surface area (Å²) in [6.07, 6.45) is 1.44. The van der Waals surface area contributed by atoms with Gasteiger partial charge in [-0.3, -0.25) is 0 Å². The molecule has 0 radical (unpaired) electrons. The Hall–Kier alpha value is -0.900. The Balaban J connectivity index is 2.92. The highest BCUT2D eigenvalue weighted by molar-refractivity contribution is 7.79. The number of rotatable bonds is 2. The molecule has 1 aromatic rings. The standard InChI is InChI=1S/C7H8O3S/c1-9-7(8)5-2-3-10-6(5)4-11/h2-3,11H,4H2,1H3. The van der Waals surface area contributed by atoms with Gasteiger partial charge in [-0.15, -0.1) is 0 Å². The summed E-state index contributed by atoms with van der Waals surface area (Å²) >= 11 is 3.98. The fraction of sp³-hybridized carbons (Fsp3) is 0.286. The molecule has 0 spiro atoms. The third kappa shape index (κ3) is 1.57. The van der Waals surface area contributed by atoms with Crippen LogP contribution in [0.15, 0.2) is 16.7 Å². The van der Waals surface area contributed by atoms with Crippen molar-refractivity contribution in [1.29, 1.82) is 0 Å². The number of esters is 1. The van der Waals surface area contributed by atoms with Crippen LogP contribution in [0.25, 0.3) is 0 Å². The molecule has 0 aromatic carbocycles. The van der Waals surface area contributed by atoms with E-state index in [1.165, 1.54) is 13.4 Å². The molecule has 0 amide bonds. The molecule has 0 aliphatic rings. The lowest BCUT2D eigenvalue weighted by Gasteiger charge is -1.95. The number of hydrogen-bond donors (Lipinski definition) is 1. The van der Waals surface area contributed by atoms with Crippen molar-refractivity contribution in [2.45, 2.75) is 5.75 Å². The van der Waals surface area contributed by atoms with Crippen molar-refractivity contribution < 1.29 is 13.9 Å². The van der Waals surface area contributed by atoms with Crippen molar-refractivity contribution >= 4 is 18.6 Å². The minimum atomic E-state index is -0.386. The Morgan fingerprint density at radius 2 is 2.55 bits per heavy atom. The number of furan rings is 1. The zero-order valence-electron chi connectivity index (χ0n) is 6.03. The van der Waals surface area contributed by atoms with E-state index in [1.807, 2.05) is 0 Å². The first-order valence-electron chi connectivity index (χ1n) is 3.05. The maximum Gasteiger partial charge on any atom is 0.341 e. The van der Waals surface area contributed by atoms with E-state index in [4.69, 9.17) is 4.42 Å². The molecule has 0 aliphatic carbocycles. The molecule has 0 N–H and O–H groups in total. The fourth-order valence-electron chi connectivity index (χ4n) is 0.755. The number of hydrogen-bond acceptors (Lipinski definition) is 4. The van der Waals surface area contributed by atoms with Gasteiger partial charge in [0.1, 0.15) is 11.3 Å². The largest absolute Gasteiger partial charge is 0.468 e. The Morgan fingerprint density at radius 3 is 3.09 bits per heavy atom. The van der Waals surface area contributed by atoms with Crippen molar-refractivity contribution in [2.24, 2.45) is 0 Å². The Morgan fingerprint density at radius 1 is 1.82 bits per heavy atom. The average Bonchev–Trinajstić information content (AvgIpc) is 2.50. The lowest BCUT2D eigenvalue weighted by molar-refractivity contribution is 0.0598. The molecule has 0 atom stereocenters. The molecule has 1 aromatic heterocycles. The van der Waals surface area contributed by atoms with Crippen molar-refractivity contribution in [3.63, 3.8) is 0 Å². The zero-order valence-corrected chi connectivity index (χ0v) is 6.93. The lowest BCUT2D eigenvalue weighted by atomic mass is 10.3. The number of ether oxygens (including phenoxy) is 1. The summed E-state index contributed by atoms with van der Waals surface area (Å²) in [7, 11) is 1.33. The smallest absolute Gasteiger partial charge is 0.341 e. The Bertz CT molecular complexity index is 254. The van der Waals surface area contributed by atoms with Crippen LogP contribution in [-0.2, 0) is 10.5 Å². The van der Waals surface area contributed by atoms with Crippen molar-refractivity contribution in [3.05, 3.63) is 23.7 Å². The van der Waals surface area contributed by atoms with E-state index in [-0.39, 0.29) is 5.97 Å². The molecular weight excluding hydrogens is 164 g/mol. The lowest BCUT2D eigenvalue weighted by Crippen LogP contribution is -2.01. The molecule has 0 saturated heterocycles. The summed E-state index contributed by atoms with van der Waals surface area (Å²) in [5.74, 6) is 0.556. The summed E-state index contributed by atoms with van der Waals surface area (Å²) in [6, 6.07) is 1.57. The van der Waals surface area contributed by atoms with Gasteiger partial charge < -0.3 is 9.15 Å². The quantitative estimate of drug-likeness (QED) is 0.542. The van der Waals surface area contributed by atoms with E-state index < -0.39 is 0 Å². The van der Waals surface area contributed by atoms with Crippen LogP contribution in [0.3, 0.4) is 0 Å². The van der Waals surface area contributed by atoms with Gasteiger partial charge in [0.15, 0.2) is 0 Å². The van der Waals surface area contributed by atoms with Gasteiger partial charge >= 0.3 is 5.97 Å². The third-order valence-electron chi connectivity index (χ3n) is 1.29. The van der Waals surface area contributed by atoms with Crippen molar-refractivity contribution in [2.75, 3.05) is 7.11 Å². The zero-order chi connectivity index (χ0) is 8.27. The summed E-state index contributed by atoms with van der Waals surface area (Å²) in [5, 5.41) is 0. The van der Waals surface area contributed by atoms with Gasteiger partial charge in [0, 0.05) is 5.75 Å². The van der Waals surface area contributed by atoms with Crippen LogP contribution >= 0.6 is 12.6 Å². The SMILES string of the molecule is COC(=O)c1ccoc1CS. The summed E-state index contributed by atoms with van der Waals surface area (Å²) in [4.78, 5) is 10.9. The van der Waals surface area contributed by atoms with E-state index in [9.17, 15) is 4.79 Å². The number of methoxy groups -OCH3 is 1. The average molecular weight is 172 g/mol. The summed E-state index contributed by atoms with van der Waals surface area (Å²) < 4.78 is 9.46.